The third-order valence-electron chi connectivity index (χ3n) is 2.29. The maximum Gasteiger partial charge on any atom is 0.120 e. The Bertz CT molecular complexity index is 279. The molecule has 1 heterocycles. The van der Waals surface area contributed by atoms with Gasteiger partial charge in [0.2, 0.25) is 0 Å². The van der Waals surface area contributed by atoms with Gasteiger partial charge in [-0.15, -0.1) is 0 Å². The molecule has 0 radical (unpaired) electrons. The second kappa shape index (κ2) is 4.62. The molecule has 0 spiro atoms. The van der Waals surface area contributed by atoms with E-state index >= 15 is 0 Å². The molecule has 0 atom stereocenters. The standard InChI is InChI=1S/C11H19NO2/c1-9-4-5-14-10(9)6-12-7-11(2,3)8-13/h4-5,12-13H,6-8H2,1-3H3. The van der Waals surface area contributed by atoms with Gasteiger partial charge in [-0.2, -0.15) is 0 Å². The summed E-state index contributed by atoms with van der Waals surface area (Å²) in [6.45, 7) is 7.77. The van der Waals surface area contributed by atoms with Crippen molar-refractivity contribution in [2.75, 3.05) is 13.2 Å². The highest BCUT2D eigenvalue weighted by Crippen LogP contribution is 2.13. The Morgan fingerprint density at radius 3 is 2.71 bits per heavy atom. The van der Waals surface area contributed by atoms with Crippen LogP contribution in [0.1, 0.15) is 25.2 Å². The highest BCUT2D eigenvalue weighted by Gasteiger charge is 2.15. The summed E-state index contributed by atoms with van der Waals surface area (Å²) in [5.74, 6) is 0.971. The van der Waals surface area contributed by atoms with Gasteiger partial charge in [0.15, 0.2) is 0 Å². The van der Waals surface area contributed by atoms with Gasteiger partial charge >= 0.3 is 0 Å². The fourth-order valence-electron chi connectivity index (χ4n) is 1.16. The summed E-state index contributed by atoms with van der Waals surface area (Å²) < 4.78 is 5.29. The van der Waals surface area contributed by atoms with Crippen LogP contribution in [0.5, 0.6) is 0 Å². The molecule has 0 aliphatic heterocycles. The van der Waals surface area contributed by atoms with Crippen LogP contribution < -0.4 is 5.32 Å². The van der Waals surface area contributed by atoms with Crippen LogP contribution in [0.2, 0.25) is 0 Å². The fourth-order valence-corrected chi connectivity index (χ4v) is 1.16. The van der Waals surface area contributed by atoms with Gasteiger partial charge in [0.05, 0.1) is 12.8 Å². The molecule has 0 saturated heterocycles. The van der Waals surface area contributed by atoms with E-state index < -0.39 is 0 Å². The minimum atomic E-state index is -0.0690. The first-order valence-corrected chi connectivity index (χ1v) is 4.90. The van der Waals surface area contributed by atoms with Gasteiger partial charge in [-0.05, 0) is 18.6 Å². The molecule has 1 rings (SSSR count). The first kappa shape index (κ1) is 11.3. The first-order chi connectivity index (χ1) is 6.55. The SMILES string of the molecule is Cc1ccoc1CNCC(C)(C)CO. The van der Waals surface area contributed by atoms with Crippen molar-refractivity contribution in [1.29, 1.82) is 0 Å². The molecule has 0 bridgehead atoms. The van der Waals surface area contributed by atoms with E-state index in [0.717, 1.165) is 18.8 Å². The van der Waals surface area contributed by atoms with Gasteiger partial charge in [0.25, 0.3) is 0 Å². The minimum absolute atomic E-state index is 0.0690. The van der Waals surface area contributed by atoms with E-state index in [-0.39, 0.29) is 12.0 Å². The molecule has 0 aromatic carbocycles. The molecule has 0 unspecified atom stereocenters. The average Bonchev–Trinajstić information content (AvgIpc) is 2.52. The molecule has 0 aliphatic rings. The normalized spacial score (nSPS) is 12.0. The summed E-state index contributed by atoms with van der Waals surface area (Å²) in [6.07, 6.45) is 1.70. The molecule has 3 heteroatoms. The lowest BCUT2D eigenvalue weighted by Crippen LogP contribution is -2.31. The fraction of sp³-hybridized carbons (Fsp3) is 0.636. The van der Waals surface area contributed by atoms with Crippen LogP contribution in [0.3, 0.4) is 0 Å². The van der Waals surface area contributed by atoms with E-state index in [1.54, 1.807) is 6.26 Å². The topological polar surface area (TPSA) is 45.4 Å². The zero-order valence-corrected chi connectivity index (χ0v) is 9.13. The lowest BCUT2D eigenvalue weighted by atomic mass is 9.95. The summed E-state index contributed by atoms with van der Waals surface area (Å²) in [5.41, 5.74) is 1.10. The van der Waals surface area contributed by atoms with Crippen LogP contribution in [0.4, 0.5) is 0 Å². The van der Waals surface area contributed by atoms with E-state index in [1.165, 1.54) is 5.56 Å². The molecule has 2 N–H and O–H groups in total. The molecule has 1 aromatic rings. The maximum absolute atomic E-state index is 9.04. The highest BCUT2D eigenvalue weighted by atomic mass is 16.3. The van der Waals surface area contributed by atoms with E-state index in [1.807, 2.05) is 26.8 Å². The number of furan rings is 1. The summed E-state index contributed by atoms with van der Waals surface area (Å²) in [5, 5.41) is 12.3. The number of aliphatic hydroxyl groups excluding tert-OH is 1. The molecule has 0 aliphatic carbocycles. The smallest absolute Gasteiger partial charge is 0.120 e. The summed E-state index contributed by atoms with van der Waals surface area (Å²) in [7, 11) is 0. The average molecular weight is 197 g/mol. The summed E-state index contributed by atoms with van der Waals surface area (Å²) >= 11 is 0. The zero-order valence-electron chi connectivity index (χ0n) is 9.13. The first-order valence-electron chi connectivity index (χ1n) is 4.90. The van der Waals surface area contributed by atoms with Crippen molar-refractivity contribution in [2.24, 2.45) is 5.41 Å². The van der Waals surface area contributed by atoms with Crippen LogP contribution in [-0.4, -0.2) is 18.3 Å². The van der Waals surface area contributed by atoms with Crippen LogP contribution in [0.15, 0.2) is 16.7 Å². The lowest BCUT2D eigenvalue weighted by molar-refractivity contribution is 0.156. The third kappa shape index (κ3) is 3.16. The molecule has 14 heavy (non-hydrogen) atoms. The quantitative estimate of drug-likeness (QED) is 0.755. The van der Waals surface area contributed by atoms with E-state index in [9.17, 15) is 0 Å². The number of hydrogen-bond donors (Lipinski definition) is 2. The van der Waals surface area contributed by atoms with Crippen LogP contribution in [0, 0.1) is 12.3 Å². The zero-order chi connectivity index (χ0) is 10.6. The molecule has 1 aromatic heterocycles. The van der Waals surface area contributed by atoms with Crippen molar-refractivity contribution in [3.8, 4) is 0 Å². The molecule has 80 valence electrons. The van der Waals surface area contributed by atoms with Crippen molar-refractivity contribution >= 4 is 0 Å². The van der Waals surface area contributed by atoms with Gasteiger partial charge in [0.1, 0.15) is 5.76 Å². The van der Waals surface area contributed by atoms with Gasteiger partial charge in [-0.3, -0.25) is 0 Å². The number of nitrogens with one attached hydrogen (secondary N) is 1. The number of hydrogen-bond acceptors (Lipinski definition) is 3. The maximum atomic E-state index is 9.04. The van der Waals surface area contributed by atoms with E-state index in [0.29, 0.717) is 0 Å². The Morgan fingerprint density at radius 2 is 2.21 bits per heavy atom. The van der Waals surface area contributed by atoms with E-state index in [2.05, 4.69) is 5.32 Å². The van der Waals surface area contributed by atoms with Crippen molar-refractivity contribution in [1.82, 2.24) is 5.32 Å². The monoisotopic (exact) mass is 197 g/mol. The Kier molecular flexibility index (Phi) is 3.72. The van der Waals surface area contributed by atoms with Crippen molar-refractivity contribution in [3.05, 3.63) is 23.7 Å². The van der Waals surface area contributed by atoms with Gasteiger partial charge < -0.3 is 14.8 Å². The summed E-state index contributed by atoms with van der Waals surface area (Å²) in [6, 6.07) is 1.95. The molecule has 0 saturated carbocycles. The molecule has 0 fully saturated rings. The Morgan fingerprint density at radius 1 is 1.50 bits per heavy atom. The molecular weight excluding hydrogens is 178 g/mol. The van der Waals surface area contributed by atoms with Crippen LogP contribution >= 0.6 is 0 Å². The highest BCUT2D eigenvalue weighted by molar-refractivity contribution is 5.14. The Labute approximate surface area is 85.1 Å². The van der Waals surface area contributed by atoms with Crippen molar-refractivity contribution in [3.63, 3.8) is 0 Å². The van der Waals surface area contributed by atoms with Crippen molar-refractivity contribution in [2.45, 2.75) is 27.3 Å². The molecular formula is C11H19NO2. The third-order valence-corrected chi connectivity index (χ3v) is 2.29. The predicted molar refractivity (Wildman–Crippen MR) is 56.0 cm³/mol. The number of rotatable bonds is 5. The molecule has 3 nitrogen and oxygen atoms in total. The summed E-state index contributed by atoms with van der Waals surface area (Å²) in [4.78, 5) is 0. The Hall–Kier alpha value is -0.800. The number of aryl methyl sites for hydroxylation is 1. The second-order valence-corrected chi connectivity index (χ2v) is 4.45. The second-order valence-electron chi connectivity index (χ2n) is 4.45. The van der Waals surface area contributed by atoms with Crippen LogP contribution in [-0.2, 0) is 6.54 Å². The van der Waals surface area contributed by atoms with Gasteiger partial charge in [0, 0.05) is 18.6 Å². The minimum Gasteiger partial charge on any atom is -0.468 e. The predicted octanol–water partition coefficient (Wildman–Crippen LogP) is 1.70. The van der Waals surface area contributed by atoms with Crippen molar-refractivity contribution < 1.29 is 9.52 Å². The largest absolute Gasteiger partial charge is 0.468 e. The van der Waals surface area contributed by atoms with Gasteiger partial charge in [-0.1, -0.05) is 13.8 Å². The molecule has 0 amide bonds. The lowest BCUT2D eigenvalue weighted by Gasteiger charge is -2.21. The Balaban J connectivity index is 2.32. The van der Waals surface area contributed by atoms with Gasteiger partial charge in [-0.25, -0.2) is 0 Å². The van der Waals surface area contributed by atoms with E-state index in [4.69, 9.17) is 9.52 Å². The van der Waals surface area contributed by atoms with Crippen LogP contribution in [0.25, 0.3) is 0 Å². The number of aliphatic hydroxyl groups is 1.